The monoisotopic (exact) mass is 284 g/mol. The maximum atomic E-state index is 12.5. The van der Waals surface area contributed by atoms with Crippen molar-refractivity contribution in [2.24, 2.45) is 0 Å². The molecule has 0 heterocycles. The zero-order valence-corrected chi connectivity index (χ0v) is 12.7. The highest BCUT2D eigenvalue weighted by molar-refractivity contribution is 6.09. The second kappa shape index (κ2) is 6.93. The van der Waals surface area contributed by atoms with Gasteiger partial charge in [-0.2, -0.15) is 0 Å². The fourth-order valence-electron chi connectivity index (χ4n) is 2.05. The summed E-state index contributed by atoms with van der Waals surface area (Å²) in [5.74, 6) is 1.49. The molecule has 0 atom stereocenters. The topological polar surface area (TPSA) is 35.5 Å². The van der Waals surface area contributed by atoms with Crippen molar-refractivity contribution in [3.63, 3.8) is 0 Å². The number of carbonyl (C=O) groups excluding carboxylic acids is 1. The summed E-state index contributed by atoms with van der Waals surface area (Å²) in [5.41, 5.74) is 2.28. The molecule has 0 saturated carbocycles. The van der Waals surface area contributed by atoms with Gasteiger partial charge in [0.1, 0.15) is 11.5 Å². The number of benzene rings is 2. The van der Waals surface area contributed by atoms with E-state index in [9.17, 15) is 4.79 Å². The second-order valence-electron chi connectivity index (χ2n) is 4.89. The van der Waals surface area contributed by atoms with Gasteiger partial charge in [-0.3, -0.25) is 4.79 Å². The molecular formula is C18H20O3. The molecule has 0 aromatic heterocycles. The Morgan fingerprint density at radius 1 is 1.05 bits per heavy atom. The predicted octanol–water partition coefficient (Wildman–Crippen LogP) is 4.02. The molecule has 0 aliphatic heterocycles. The van der Waals surface area contributed by atoms with E-state index in [1.54, 1.807) is 25.3 Å². The molecule has 3 heteroatoms. The van der Waals surface area contributed by atoms with Crippen LogP contribution >= 0.6 is 0 Å². The van der Waals surface area contributed by atoms with Gasteiger partial charge >= 0.3 is 0 Å². The first kappa shape index (κ1) is 15.1. The highest BCUT2D eigenvalue weighted by Gasteiger charge is 2.11. The van der Waals surface area contributed by atoms with E-state index >= 15 is 0 Å². The third-order valence-electron chi connectivity index (χ3n) is 3.26. The van der Waals surface area contributed by atoms with Crippen molar-refractivity contribution in [3.8, 4) is 11.5 Å². The third kappa shape index (κ3) is 3.63. The minimum atomic E-state index is -0.0182. The van der Waals surface area contributed by atoms with Crippen LogP contribution in [-0.2, 0) is 0 Å². The minimum Gasteiger partial charge on any atom is -0.496 e. The first-order chi connectivity index (χ1) is 10.2. The molecule has 21 heavy (non-hydrogen) atoms. The van der Waals surface area contributed by atoms with Crippen LogP contribution in [0.4, 0.5) is 0 Å². The lowest BCUT2D eigenvalue weighted by Crippen LogP contribution is -2.02. The maximum Gasteiger partial charge on any atom is 0.193 e. The minimum absolute atomic E-state index is 0.0182. The van der Waals surface area contributed by atoms with E-state index in [4.69, 9.17) is 9.47 Å². The Labute approximate surface area is 125 Å². The van der Waals surface area contributed by atoms with E-state index in [1.165, 1.54) is 0 Å². The fourth-order valence-corrected chi connectivity index (χ4v) is 2.05. The quantitative estimate of drug-likeness (QED) is 0.751. The van der Waals surface area contributed by atoms with Gasteiger partial charge in [0, 0.05) is 11.1 Å². The van der Waals surface area contributed by atoms with Gasteiger partial charge in [-0.05, 0) is 49.2 Å². The molecule has 0 aliphatic rings. The number of rotatable bonds is 6. The van der Waals surface area contributed by atoms with Crippen LogP contribution in [0.1, 0.15) is 34.8 Å². The smallest absolute Gasteiger partial charge is 0.193 e. The second-order valence-corrected chi connectivity index (χ2v) is 4.89. The number of aryl methyl sites for hydroxylation is 1. The van der Waals surface area contributed by atoms with Crippen molar-refractivity contribution in [2.45, 2.75) is 20.3 Å². The SMILES string of the molecule is CCCOc1ccc(C(=O)c2ccc(C)c(OC)c2)cc1. The summed E-state index contributed by atoms with van der Waals surface area (Å²) in [6, 6.07) is 12.7. The van der Waals surface area contributed by atoms with Gasteiger partial charge in [0.25, 0.3) is 0 Å². The Balaban J connectivity index is 2.19. The molecule has 0 amide bonds. The molecule has 2 rings (SSSR count). The van der Waals surface area contributed by atoms with Crippen molar-refractivity contribution in [3.05, 3.63) is 59.2 Å². The Bertz CT molecular complexity index is 615. The Hall–Kier alpha value is -2.29. The first-order valence-electron chi connectivity index (χ1n) is 7.08. The van der Waals surface area contributed by atoms with Crippen molar-refractivity contribution in [1.29, 1.82) is 0 Å². The van der Waals surface area contributed by atoms with Gasteiger partial charge in [0.15, 0.2) is 5.78 Å². The summed E-state index contributed by atoms with van der Waals surface area (Å²) in [6.07, 6.45) is 0.962. The van der Waals surface area contributed by atoms with Gasteiger partial charge < -0.3 is 9.47 Å². The van der Waals surface area contributed by atoms with E-state index in [2.05, 4.69) is 6.92 Å². The highest BCUT2D eigenvalue weighted by Crippen LogP contribution is 2.22. The summed E-state index contributed by atoms with van der Waals surface area (Å²) in [6.45, 7) is 4.69. The largest absolute Gasteiger partial charge is 0.496 e. The standard InChI is InChI=1S/C18H20O3/c1-4-11-21-16-9-7-14(8-10-16)18(19)15-6-5-13(2)17(12-15)20-3/h5-10,12H,4,11H2,1-3H3. The lowest BCUT2D eigenvalue weighted by molar-refractivity contribution is 0.103. The molecule has 0 bridgehead atoms. The molecule has 0 radical (unpaired) electrons. The van der Waals surface area contributed by atoms with Gasteiger partial charge in [-0.1, -0.05) is 19.1 Å². The fraction of sp³-hybridized carbons (Fsp3) is 0.278. The van der Waals surface area contributed by atoms with Crippen molar-refractivity contribution in [2.75, 3.05) is 13.7 Å². The molecule has 0 saturated heterocycles. The van der Waals surface area contributed by atoms with E-state index in [0.717, 1.165) is 23.5 Å². The van der Waals surface area contributed by atoms with Crippen LogP contribution in [0.2, 0.25) is 0 Å². The number of hydrogen-bond donors (Lipinski definition) is 0. The van der Waals surface area contributed by atoms with Crippen molar-refractivity contribution in [1.82, 2.24) is 0 Å². The number of ketones is 1. The summed E-state index contributed by atoms with van der Waals surface area (Å²) < 4.78 is 10.8. The summed E-state index contributed by atoms with van der Waals surface area (Å²) >= 11 is 0. The molecule has 0 aliphatic carbocycles. The lowest BCUT2D eigenvalue weighted by Gasteiger charge is -2.08. The molecule has 0 fully saturated rings. The number of ether oxygens (including phenoxy) is 2. The normalized spacial score (nSPS) is 10.2. The molecule has 2 aromatic rings. The zero-order valence-electron chi connectivity index (χ0n) is 12.7. The van der Waals surface area contributed by atoms with Crippen LogP contribution < -0.4 is 9.47 Å². The average Bonchev–Trinajstić information content (AvgIpc) is 2.53. The molecule has 0 N–H and O–H groups in total. The van der Waals surface area contributed by atoms with Gasteiger partial charge in [-0.15, -0.1) is 0 Å². The molecule has 110 valence electrons. The third-order valence-corrected chi connectivity index (χ3v) is 3.26. The number of carbonyl (C=O) groups is 1. The van der Waals surface area contributed by atoms with Crippen LogP contribution in [-0.4, -0.2) is 19.5 Å². The maximum absolute atomic E-state index is 12.5. The van der Waals surface area contributed by atoms with Crippen LogP contribution in [0, 0.1) is 6.92 Å². The zero-order chi connectivity index (χ0) is 15.2. The Morgan fingerprint density at radius 3 is 2.33 bits per heavy atom. The number of hydrogen-bond acceptors (Lipinski definition) is 3. The van der Waals surface area contributed by atoms with E-state index in [0.29, 0.717) is 17.7 Å². The van der Waals surface area contributed by atoms with E-state index in [1.807, 2.05) is 31.2 Å². The molecule has 0 unspecified atom stereocenters. The Kier molecular flexibility index (Phi) is 4.99. The van der Waals surface area contributed by atoms with E-state index in [-0.39, 0.29) is 5.78 Å². The van der Waals surface area contributed by atoms with Crippen LogP contribution in [0.3, 0.4) is 0 Å². The summed E-state index contributed by atoms with van der Waals surface area (Å²) in [5, 5.41) is 0. The van der Waals surface area contributed by atoms with Crippen LogP contribution in [0.15, 0.2) is 42.5 Å². The van der Waals surface area contributed by atoms with Gasteiger partial charge in [0.2, 0.25) is 0 Å². The van der Waals surface area contributed by atoms with Crippen molar-refractivity contribution < 1.29 is 14.3 Å². The highest BCUT2D eigenvalue weighted by atomic mass is 16.5. The summed E-state index contributed by atoms with van der Waals surface area (Å²) in [4.78, 5) is 12.5. The average molecular weight is 284 g/mol. The van der Waals surface area contributed by atoms with Crippen molar-refractivity contribution >= 4 is 5.78 Å². The first-order valence-corrected chi connectivity index (χ1v) is 7.08. The molecule has 2 aromatic carbocycles. The molecule has 3 nitrogen and oxygen atoms in total. The van der Waals surface area contributed by atoms with Gasteiger partial charge in [0.05, 0.1) is 13.7 Å². The Morgan fingerprint density at radius 2 is 1.71 bits per heavy atom. The van der Waals surface area contributed by atoms with E-state index < -0.39 is 0 Å². The van der Waals surface area contributed by atoms with Gasteiger partial charge in [-0.25, -0.2) is 0 Å². The molecular weight excluding hydrogens is 264 g/mol. The number of methoxy groups -OCH3 is 1. The molecule has 0 spiro atoms. The van der Waals surface area contributed by atoms with Crippen LogP contribution in [0.25, 0.3) is 0 Å². The lowest BCUT2D eigenvalue weighted by atomic mass is 10.0. The predicted molar refractivity (Wildman–Crippen MR) is 83.4 cm³/mol. The summed E-state index contributed by atoms with van der Waals surface area (Å²) in [7, 11) is 1.61. The van der Waals surface area contributed by atoms with Crippen LogP contribution in [0.5, 0.6) is 11.5 Å².